The van der Waals surface area contributed by atoms with Gasteiger partial charge in [-0.3, -0.25) is 0 Å². The minimum atomic E-state index is 0.269. The Morgan fingerprint density at radius 2 is 2.00 bits per heavy atom. The second-order valence-corrected chi connectivity index (χ2v) is 5.36. The minimum absolute atomic E-state index is 0.269. The summed E-state index contributed by atoms with van der Waals surface area (Å²) in [7, 11) is 0. The van der Waals surface area contributed by atoms with E-state index in [1.807, 2.05) is 36.4 Å². The molecule has 2 heterocycles. The number of aromatic amines is 1. The SMILES string of the molecule is Brc1cccc(Nc2nc3cc4c(cc3[nH]2)OCO4)c1. The number of benzene rings is 2. The fraction of sp³-hybridized carbons (Fsp3) is 0.0714. The van der Waals surface area contributed by atoms with Gasteiger partial charge in [-0.05, 0) is 18.2 Å². The van der Waals surface area contributed by atoms with Crippen molar-refractivity contribution in [2.45, 2.75) is 0 Å². The van der Waals surface area contributed by atoms with E-state index in [1.165, 1.54) is 0 Å². The van der Waals surface area contributed by atoms with Crippen molar-refractivity contribution in [1.82, 2.24) is 9.97 Å². The lowest BCUT2D eigenvalue weighted by Crippen LogP contribution is -1.93. The third kappa shape index (κ3) is 1.98. The number of nitrogens with one attached hydrogen (secondary N) is 2. The lowest BCUT2D eigenvalue weighted by atomic mass is 10.3. The van der Waals surface area contributed by atoms with Crippen molar-refractivity contribution in [2.24, 2.45) is 0 Å². The average molecular weight is 332 g/mol. The zero-order valence-electron chi connectivity index (χ0n) is 10.3. The highest BCUT2D eigenvalue weighted by atomic mass is 79.9. The van der Waals surface area contributed by atoms with E-state index in [-0.39, 0.29) is 6.79 Å². The number of anilines is 2. The van der Waals surface area contributed by atoms with Crippen LogP contribution in [-0.2, 0) is 0 Å². The van der Waals surface area contributed by atoms with Gasteiger partial charge in [0.15, 0.2) is 11.5 Å². The molecule has 6 heteroatoms. The molecule has 20 heavy (non-hydrogen) atoms. The van der Waals surface area contributed by atoms with Gasteiger partial charge in [-0.2, -0.15) is 0 Å². The van der Waals surface area contributed by atoms with E-state index < -0.39 is 0 Å². The number of hydrogen-bond donors (Lipinski definition) is 2. The van der Waals surface area contributed by atoms with Gasteiger partial charge in [-0.25, -0.2) is 4.98 Å². The zero-order chi connectivity index (χ0) is 13.5. The number of imidazole rings is 1. The molecule has 0 fully saturated rings. The van der Waals surface area contributed by atoms with Crippen molar-refractivity contribution in [3.05, 3.63) is 40.9 Å². The Bertz CT molecular complexity index is 759. The van der Waals surface area contributed by atoms with Gasteiger partial charge < -0.3 is 19.8 Å². The summed E-state index contributed by atoms with van der Waals surface area (Å²) in [5, 5.41) is 3.23. The Kier molecular flexibility index (Phi) is 2.56. The van der Waals surface area contributed by atoms with Crippen molar-refractivity contribution in [1.29, 1.82) is 0 Å². The van der Waals surface area contributed by atoms with Crippen LogP contribution < -0.4 is 14.8 Å². The van der Waals surface area contributed by atoms with Gasteiger partial charge in [0.2, 0.25) is 12.7 Å². The molecule has 3 aromatic rings. The maximum atomic E-state index is 5.35. The molecule has 0 unspecified atom stereocenters. The number of aromatic nitrogens is 2. The lowest BCUT2D eigenvalue weighted by Gasteiger charge is -2.02. The quantitative estimate of drug-likeness (QED) is 0.749. The topological polar surface area (TPSA) is 59.2 Å². The van der Waals surface area contributed by atoms with Crippen molar-refractivity contribution in [3.63, 3.8) is 0 Å². The molecule has 0 saturated carbocycles. The molecule has 0 saturated heterocycles. The Morgan fingerprint density at radius 3 is 2.85 bits per heavy atom. The summed E-state index contributed by atoms with van der Waals surface area (Å²) in [5.41, 5.74) is 2.71. The molecule has 1 aliphatic heterocycles. The van der Waals surface area contributed by atoms with E-state index in [0.717, 1.165) is 32.7 Å². The first kappa shape index (κ1) is 11.6. The first-order valence-corrected chi connectivity index (χ1v) is 6.89. The number of rotatable bonds is 2. The fourth-order valence-electron chi connectivity index (χ4n) is 2.16. The van der Waals surface area contributed by atoms with Gasteiger partial charge in [0.1, 0.15) is 0 Å². The smallest absolute Gasteiger partial charge is 0.231 e. The van der Waals surface area contributed by atoms with E-state index in [2.05, 4.69) is 31.2 Å². The van der Waals surface area contributed by atoms with E-state index in [9.17, 15) is 0 Å². The zero-order valence-corrected chi connectivity index (χ0v) is 11.9. The van der Waals surface area contributed by atoms with Gasteiger partial charge in [0.25, 0.3) is 0 Å². The number of halogens is 1. The average Bonchev–Trinajstić information content (AvgIpc) is 3.00. The maximum absolute atomic E-state index is 5.35. The molecule has 5 nitrogen and oxygen atoms in total. The molecule has 1 aromatic heterocycles. The van der Waals surface area contributed by atoms with Gasteiger partial charge in [-0.15, -0.1) is 0 Å². The van der Waals surface area contributed by atoms with Crippen molar-refractivity contribution >= 4 is 38.6 Å². The minimum Gasteiger partial charge on any atom is -0.454 e. The van der Waals surface area contributed by atoms with E-state index in [1.54, 1.807) is 0 Å². The molecule has 0 spiro atoms. The Balaban J connectivity index is 1.71. The summed E-state index contributed by atoms with van der Waals surface area (Å²) in [6.07, 6.45) is 0. The van der Waals surface area contributed by atoms with Gasteiger partial charge >= 0.3 is 0 Å². The van der Waals surface area contributed by atoms with Crippen molar-refractivity contribution < 1.29 is 9.47 Å². The van der Waals surface area contributed by atoms with Gasteiger partial charge in [0, 0.05) is 22.3 Å². The molecule has 0 bridgehead atoms. The van der Waals surface area contributed by atoms with Crippen LogP contribution in [0, 0.1) is 0 Å². The first-order chi connectivity index (χ1) is 9.78. The van der Waals surface area contributed by atoms with Crippen LogP contribution >= 0.6 is 15.9 Å². The number of ether oxygens (including phenoxy) is 2. The molecule has 4 rings (SSSR count). The van der Waals surface area contributed by atoms with E-state index >= 15 is 0 Å². The largest absolute Gasteiger partial charge is 0.454 e. The first-order valence-electron chi connectivity index (χ1n) is 6.10. The summed E-state index contributed by atoms with van der Waals surface area (Å²) in [4.78, 5) is 7.72. The summed E-state index contributed by atoms with van der Waals surface area (Å²) in [6.45, 7) is 0.269. The lowest BCUT2D eigenvalue weighted by molar-refractivity contribution is 0.174. The molecular formula is C14H10BrN3O2. The molecule has 0 atom stereocenters. The standard InChI is InChI=1S/C14H10BrN3O2/c15-8-2-1-3-9(4-8)16-14-17-10-5-12-13(20-7-19-12)6-11(10)18-14/h1-6H,7H2,(H2,16,17,18). The summed E-state index contributed by atoms with van der Waals surface area (Å²) < 4.78 is 11.7. The predicted molar refractivity (Wildman–Crippen MR) is 79.6 cm³/mol. The van der Waals surface area contributed by atoms with Crippen LogP contribution in [0.1, 0.15) is 0 Å². The molecule has 2 N–H and O–H groups in total. The molecular weight excluding hydrogens is 322 g/mol. The van der Waals surface area contributed by atoms with Crippen LogP contribution in [0.25, 0.3) is 11.0 Å². The van der Waals surface area contributed by atoms with Crippen LogP contribution in [0.2, 0.25) is 0 Å². The third-order valence-corrected chi connectivity index (χ3v) is 3.56. The summed E-state index contributed by atoms with van der Waals surface area (Å²) in [6, 6.07) is 11.7. The normalized spacial score (nSPS) is 12.8. The van der Waals surface area contributed by atoms with Crippen LogP contribution in [0.4, 0.5) is 11.6 Å². The van der Waals surface area contributed by atoms with Crippen LogP contribution in [0.3, 0.4) is 0 Å². The van der Waals surface area contributed by atoms with Gasteiger partial charge in [0.05, 0.1) is 11.0 Å². The number of hydrogen-bond acceptors (Lipinski definition) is 4. The Labute approximate surface area is 123 Å². The van der Waals surface area contributed by atoms with Crippen LogP contribution in [-0.4, -0.2) is 16.8 Å². The second-order valence-electron chi connectivity index (χ2n) is 4.44. The van der Waals surface area contributed by atoms with Gasteiger partial charge in [-0.1, -0.05) is 22.0 Å². The fourth-order valence-corrected chi connectivity index (χ4v) is 2.56. The molecule has 1 aliphatic rings. The number of fused-ring (bicyclic) bond motifs is 2. The predicted octanol–water partition coefficient (Wildman–Crippen LogP) is 3.80. The maximum Gasteiger partial charge on any atom is 0.231 e. The third-order valence-electron chi connectivity index (χ3n) is 3.06. The second kappa shape index (κ2) is 4.42. The Hall–Kier alpha value is -2.21. The Morgan fingerprint density at radius 1 is 1.15 bits per heavy atom. The van der Waals surface area contributed by atoms with Crippen LogP contribution in [0.5, 0.6) is 11.5 Å². The van der Waals surface area contributed by atoms with Crippen molar-refractivity contribution in [3.8, 4) is 11.5 Å². The van der Waals surface area contributed by atoms with Crippen molar-refractivity contribution in [2.75, 3.05) is 12.1 Å². The highest BCUT2D eigenvalue weighted by molar-refractivity contribution is 9.10. The van der Waals surface area contributed by atoms with E-state index in [0.29, 0.717) is 5.95 Å². The highest BCUT2D eigenvalue weighted by Gasteiger charge is 2.16. The summed E-state index contributed by atoms with van der Waals surface area (Å²) in [5.74, 6) is 2.16. The van der Waals surface area contributed by atoms with Crippen LogP contribution in [0.15, 0.2) is 40.9 Å². The molecule has 0 radical (unpaired) electrons. The number of nitrogens with zero attached hydrogens (tertiary/aromatic N) is 1. The molecule has 0 amide bonds. The monoisotopic (exact) mass is 331 g/mol. The summed E-state index contributed by atoms with van der Waals surface area (Å²) >= 11 is 3.44. The number of H-pyrrole nitrogens is 1. The molecule has 2 aromatic carbocycles. The molecule has 100 valence electrons. The highest BCUT2D eigenvalue weighted by Crippen LogP contribution is 2.35. The molecule has 0 aliphatic carbocycles. The van der Waals surface area contributed by atoms with E-state index in [4.69, 9.17) is 9.47 Å².